The highest BCUT2D eigenvalue weighted by atomic mass is 35.5. The van der Waals surface area contributed by atoms with Crippen LogP contribution in [0.1, 0.15) is 30.4 Å². The molecule has 26 heavy (non-hydrogen) atoms. The molecule has 1 aliphatic heterocycles. The molecule has 0 saturated heterocycles. The predicted molar refractivity (Wildman–Crippen MR) is 101 cm³/mol. The van der Waals surface area contributed by atoms with Crippen LogP contribution < -0.4 is 14.8 Å². The van der Waals surface area contributed by atoms with Gasteiger partial charge in [-0.2, -0.15) is 0 Å². The van der Waals surface area contributed by atoms with Crippen LogP contribution in [0.15, 0.2) is 42.5 Å². The average Bonchev–Trinajstić information content (AvgIpc) is 2.62. The third-order valence-electron chi connectivity index (χ3n) is 5.34. The van der Waals surface area contributed by atoms with Crippen LogP contribution in [-0.4, -0.2) is 25.7 Å². The number of amides is 1. The Kier molecular flexibility index (Phi) is 4.77. The fourth-order valence-electron chi connectivity index (χ4n) is 3.74. The summed E-state index contributed by atoms with van der Waals surface area (Å²) in [7, 11) is 0. The zero-order valence-electron chi connectivity index (χ0n) is 14.6. The monoisotopic (exact) mass is 371 g/mol. The van der Waals surface area contributed by atoms with Crippen molar-refractivity contribution >= 4 is 17.5 Å². The minimum Gasteiger partial charge on any atom is -0.486 e. The molecule has 0 spiro atoms. The van der Waals surface area contributed by atoms with Gasteiger partial charge >= 0.3 is 0 Å². The summed E-state index contributed by atoms with van der Waals surface area (Å²) in [6.07, 6.45) is 3.73. The number of ether oxygens (including phenoxy) is 2. The van der Waals surface area contributed by atoms with Gasteiger partial charge in [-0.1, -0.05) is 48.4 Å². The Morgan fingerprint density at radius 2 is 1.88 bits per heavy atom. The van der Waals surface area contributed by atoms with Crippen molar-refractivity contribution in [3.63, 3.8) is 0 Å². The first-order valence-corrected chi connectivity index (χ1v) is 9.44. The van der Waals surface area contributed by atoms with E-state index in [2.05, 4.69) is 29.6 Å². The molecule has 0 atom stereocenters. The van der Waals surface area contributed by atoms with Crippen molar-refractivity contribution in [2.45, 2.75) is 31.1 Å². The second-order valence-electron chi connectivity index (χ2n) is 7.06. The molecule has 1 N–H and O–H groups in total. The lowest BCUT2D eigenvalue weighted by atomic mass is 9.64. The van der Waals surface area contributed by atoms with Crippen LogP contribution in [0, 0.1) is 0 Å². The first-order valence-electron chi connectivity index (χ1n) is 9.07. The second kappa shape index (κ2) is 7.20. The number of halogens is 1. The maximum Gasteiger partial charge on any atom is 0.224 e. The maximum absolute atomic E-state index is 12.5. The van der Waals surface area contributed by atoms with Crippen LogP contribution in [0.25, 0.3) is 0 Å². The SMILES string of the molecule is O=C(Cc1cc(Cl)c2c(c1)OCCO2)NCC1(c2ccccc2)CCC1. The molecule has 0 aromatic heterocycles. The van der Waals surface area contributed by atoms with Gasteiger partial charge in [0.25, 0.3) is 0 Å². The summed E-state index contributed by atoms with van der Waals surface area (Å²) in [5.41, 5.74) is 2.23. The molecule has 0 bridgehead atoms. The first-order chi connectivity index (χ1) is 12.7. The fraction of sp³-hybridized carbons (Fsp3) is 0.381. The maximum atomic E-state index is 12.5. The van der Waals surface area contributed by atoms with Gasteiger partial charge in [0.05, 0.1) is 11.4 Å². The minimum absolute atomic E-state index is 0.0000457. The van der Waals surface area contributed by atoms with E-state index in [1.807, 2.05) is 12.1 Å². The van der Waals surface area contributed by atoms with Gasteiger partial charge in [-0.25, -0.2) is 0 Å². The van der Waals surface area contributed by atoms with Gasteiger partial charge < -0.3 is 14.8 Å². The van der Waals surface area contributed by atoms with Gasteiger partial charge in [0.15, 0.2) is 11.5 Å². The molecule has 1 fully saturated rings. The van der Waals surface area contributed by atoms with Crippen molar-refractivity contribution in [2.75, 3.05) is 19.8 Å². The van der Waals surface area contributed by atoms with E-state index in [1.165, 1.54) is 12.0 Å². The number of nitrogens with one attached hydrogen (secondary N) is 1. The number of carbonyl (C=O) groups excluding carboxylic acids is 1. The van der Waals surface area contributed by atoms with Crippen LogP contribution in [0.2, 0.25) is 5.02 Å². The standard InChI is InChI=1S/C21H22ClNO3/c22-17-11-15(12-18-20(17)26-10-9-25-18)13-19(24)23-14-21(7-4-8-21)16-5-2-1-3-6-16/h1-3,5-6,11-12H,4,7-10,13-14H2,(H,23,24). The number of hydrogen-bond donors (Lipinski definition) is 1. The molecule has 4 nitrogen and oxygen atoms in total. The summed E-state index contributed by atoms with van der Waals surface area (Å²) in [4.78, 5) is 12.5. The summed E-state index contributed by atoms with van der Waals surface area (Å²) in [5, 5.41) is 3.61. The van der Waals surface area contributed by atoms with E-state index < -0.39 is 0 Å². The third-order valence-corrected chi connectivity index (χ3v) is 5.62. The molecule has 2 aromatic carbocycles. The summed E-state index contributed by atoms with van der Waals surface area (Å²) in [5.74, 6) is 1.19. The van der Waals surface area contributed by atoms with Gasteiger partial charge in [-0.3, -0.25) is 4.79 Å². The lowest BCUT2D eigenvalue weighted by molar-refractivity contribution is -0.120. The molecule has 2 aromatic rings. The highest BCUT2D eigenvalue weighted by molar-refractivity contribution is 6.32. The van der Waals surface area contributed by atoms with E-state index in [1.54, 1.807) is 6.07 Å². The van der Waals surface area contributed by atoms with Crippen LogP contribution in [0.3, 0.4) is 0 Å². The van der Waals surface area contributed by atoms with Crippen LogP contribution >= 0.6 is 11.6 Å². The van der Waals surface area contributed by atoms with Crippen molar-refractivity contribution in [1.29, 1.82) is 0 Å². The molecular formula is C21H22ClNO3. The van der Waals surface area contributed by atoms with Crippen molar-refractivity contribution in [2.24, 2.45) is 0 Å². The molecule has 1 saturated carbocycles. The average molecular weight is 372 g/mol. The van der Waals surface area contributed by atoms with Gasteiger partial charge in [0.1, 0.15) is 13.2 Å². The Balaban J connectivity index is 1.41. The molecule has 1 aliphatic carbocycles. The lowest BCUT2D eigenvalue weighted by Gasteiger charge is -2.42. The van der Waals surface area contributed by atoms with E-state index in [9.17, 15) is 4.79 Å². The molecule has 4 rings (SSSR count). The predicted octanol–water partition coefficient (Wildman–Crippen LogP) is 3.89. The van der Waals surface area contributed by atoms with E-state index in [4.69, 9.17) is 21.1 Å². The number of rotatable bonds is 5. The zero-order valence-corrected chi connectivity index (χ0v) is 15.3. The molecule has 2 aliphatic rings. The third kappa shape index (κ3) is 3.38. The summed E-state index contributed by atoms with van der Waals surface area (Å²) in [6.45, 7) is 1.67. The molecule has 1 heterocycles. The van der Waals surface area contributed by atoms with Crippen LogP contribution in [-0.2, 0) is 16.6 Å². The van der Waals surface area contributed by atoms with Crippen molar-refractivity contribution < 1.29 is 14.3 Å². The van der Waals surface area contributed by atoms with Gasteiger partial charge in [-0.15, -0.1) is 0 Å². The normalized spacial score (nSPS) is 17.3. The van der Waals surface area contributed by atoms with E-state index in [0.29, 0.717) is 36.3 Å². The van der Waals surface area contributed by atoms with Crippen molar-refractivity contribution in [1.82, 2.24) is 5.32 Å². The number of benzene rings is 2. The van der Waals surface area contributed by atoms with Crippen LogP contribution in [0.4, 0.5) is 0 Å². The summed E-state index contributed by atoms with van der Waals surface area (Å²) in [6, 6.07) is 14.1. The number of fused-ring (bicyclic) bond motifs is 1. The molecular weight excluding hydrogens is 350 g/mol. The molecule has 0 unspecified atom stereocenters. The smallest absolute Gasteiger partial charge is 0.224 e. The molecule has 1 amide bonds. The molecule has 136 valence electrons. The van der Waals surface area contributed by atoms with E-state index in [0.717, 1.165) is 18.4 Å². The minimum atomic E-state index is -0.0000457. The van der Waals surface area contributed by atoms with Gasteiger partial charge in [0, 0.05) is 12.0 Å². The first kappa shape index (κ1) is 17.2. The van der Waals surface area contributed by atoms with Crippen molar-refractivity contribution in [3.05, 3.63) is 58.6 Å². The highest BCUT2D eigenvalue weighted by Gasteiger charge is 2.38. The Bertz CT molecular complexity index is 802. The Hall–Kier alpha value is -2.20. The second-order valence-corrected chi connectivity index (χ2v) is 7.46. The van der Waals surface area contributed by atoms with E-state index in [-0.39, 0.29) is 17.7 Å². The summed E-state index contributed by atoms with van der Waals surface area (Å²) >= 11 is 6.26. The lowest BCUT2D eigenvalue weighted by Crippen LogP contribution is -2.45. The van der Waals surface area contributed by atoms with Gasteiger partial charge in [0.2, 0.25) is 5.91 Å². The van der Waals surface area contributed by atoms with Crippen LogP contribution in [0.5, 0.6) is 11.5 Å². The fourth-order valence-corrected chi connectivity index (χ4v) is 4.03. The Labute approximate surface area is 158 Å². The van der Waals surface area contributed by atoms with E-state index >= 15 is 0 Å². The quantitative estimate of drug-likeness (QED) is 0.867. The topological polar surface area (TPSA) is 47.6 Å². The highest BCUT2D eigenvalue weighted by Crippen LogP contribution is 2.43. The van der Waals surface area contributed by atoms with Gasteiger partial charge in [-0.05, 0) is 36.1 Å². The largest absolute Gasteiger partial charge is 0.486 e. The Morgan fingerprint density at radius 1 is 1.12 bits per heavy atom. The zero-order chi connectivity index (χ0) is 18.0. The Morgan fingerprint density at radius 3 is 2.62 bits per heavy atom. The summed E-state index contributed by atoms with van der Waals surface area (Å²) < 4.78 is 11.1. The number of carbonyl (C=O) groups is 1. The molecule has 0 radical (unpaired) electrons. The molecule has 5 heteroatoms. The van der Waals surface area contributed by atoms with Crippen molar-refractivity contribution in [3.8, 4) is 11.5 Å². The number of hydrogen-bond acceptors (Lipinski definition) is 3.